The van der Waals surface area contributed by atoms with Crippen LogP contribution in [0.25, 0.3) is 11.1 Å². The molecule has 0 bridgehead atoms. The molecule has 5 nitrogen and oxygen atoms in total. The highest BCUT2D eigenvalue weighted by atomic mass is 32.1. The number of ether oxygens (including phenoxy) is 1. The molecule has 0 aliphatic carbocycles. The van der Waals surface area contributed by atoms with Crippen molar-refractivity contribution in [2.24, 2.45) is 0 Å². The number of benzene rings is 2. The Bertz CT molecular complexity index is 1000. The van der Waals surface area contributed by atoms with Crippen LogP contribution >= 0.6 is 11.3 Å². The number of thiophene rings is 1. The van der Waals surface area contributed by atoms with Crippen molar-refractivity contribution < 1.29 is 32.6 Å². The van der Waals surface area contributed by atoms with Gasteiger partial charge in [0.1, 0.15) is 5.75 Å². The smallest absolute Gasteiger partial charge is 0.479 e. The summed E-state index contributed by atoms with van der Waals surface area (Å²) in [4.78, 5) is 24.3. The van der Waals surface area contributed by atoms with Crippen molar-refractivity contribution in [1.82, 2.24) is 5.32 Å². The average molecular weight is 421 g/mol. The summed E-state index contributed by atoms with van der Waals surface area (Å²) in [5.74, 6) is -2.10. The molecular weight excluding hydrogens is 407 g/mol. The van der Waals surface area contributed by atoms with Crippen LogP contribution in [0.3, 0.4) is 0 Å². The Labute approximate surface area is 167 Å². The maximum absolute atomic E-state index is 12.5. The molecule has 1 heterocycles. The van der Waals surface area contributed by atoms with Gasteiger partial charge in [0.25, 0.3) is 5.91 Å². The van der Waals surface area contributed by atoms with Crippen molar-refractivity contribution >= 4 is 23.2 Å². The number of nitrogens with one attached hydrogen (secondary N) is 1. The van der Waals surface area contributed by atoms with E-state index in [1.165, 1.54) is 24.3 Å². The van der Waals surface area contributed by atoms with Crippen LogP contribution in [0, 0.1) is 0 Å². The van der Waals surface area contributed by atoms with Crippen molar-refractivity contribution in [2.45, 2.75) is 12.4 Å². The zero-order valence-corrected chi connectivity index (χ0v) is 15.5. The molecular formula is C20H14F3NO4S. The molecule has 0 unspecified atom stereocenters. The third-order valence-corrected chi connectivity index (χ3v) is 4.83. The fourth-order valence-corrected chi connectivity index (χ4v) is 3.41. The van der Waals surface area contributed by atoms with E-state index in [2.05, 4.69) is 10.1 Å². The Morgan fingerprint density at radius 1 is 1.00 bits per heavy atom. The van der Waals surface area contributed by atoms with Crippen LogP contribution in [0.4, 0.5) is 13.2 Å². The summed E-state index contributed by atoms with van der Waals surface area (Å²) in [6, 6.07) is 13.9. The van der Waals surface area contributed by atoms with E-state index in [0.717, 1.165) is 11.3 Å². The van der Waals surface area contributed by atoms with Gasteiger partial charge in [-0.05, 0) is 40.3 Å². The Morgan fingerprint density at radius 2 is 1.66 bits per heavy atom. The number of carbonyl (C=O) groups excluding carboxylic acids is 1. The molecule has 9 heteroatoms. The van der Waals surface area contributed by atoms with E-state index in [0.29, 0.717) is 16.7 Å². The van der Waals surface area contributed by atoms with Gasteiger partial charge < -0.3 is 15.2 Å². The van der Waals surface area contributed by atoms with Crippen molar-refractivity contribution in [3.63, 3.8) is 0 Å². The molecule has 2 N–H and O–H groups in total. The molecule has 3 rings (SSSR count). The van der Waals surface area contributed by atoms with E-state index in [1.807, 2.05) is 0 Å². The first-order chi connectivity index (χ1) is 13.7. The predicted octanol–water partition coefficient (Wildman–Crippen LogP) is 4.87. The minimum Gasteiger partial charge on any atom is -0.479 e. The fourth-order valence-electron chi connectivity index (χ4n) is 2.59. The summed E-state index contributed by atoms with van der Waals surface area (Å²) in [7, 11) is 0. The second kappa shape index (κ2) is 8.36. The van der Waals surface area contributed by atoms with Crippen LogP contribution in [-0.2, 0) is 4.79 Å². The van der Waals surface area contributed by atoms with Crippen molar-refractivity contribution in [2.75, 3.05) is 0 Å². The number of hydrogen-bond donors (Lipinski definition) is 2. The molecule has 3 aromatic rings. The number of carbonyl (C=O) groups is 2. The second-order valence-electron chi connectivity index (χ2n) is 5.93. The lowest BCUT2D eigenvalue weighted by atomic mass is 10.1. The maximum atomic E-state index is 12.5. The number of aliphatic carboxylic acids is 1. The van der Waals surface area contributed by atoms with Crippen molar-refractivity contribution in [1.29, 1.82) is 0 Å². The van der Waals surface area contributed by atoms with Crippen LogP contribution in [-0.4, -0.2) is 23.3 Å². The first-order valence-corrected chi connectivity index (χ1v) is 9.14. The zero-order chi connectivity index (χ0) is 21.0. The highest BCUT2D eigenvalue weighted by molar-refractivity contribution is 7.12. The summed E-state index contributed by atoms with van der Waals surface area (Å²) in [6.45, 7) is 0. The van der Waals surface area contributed by atoms with Crippen LogP contribution in [0.5, 0.6) is 5.75 Å². The summed E-state index contributed by atoms with van der Waals surface area (Å²) in [5.41, 5.74) is 1.64. The average Bonchev–Trinajstić information content (AvgIpc) is 3.16. The van der Waals surface area contributed by atoms with E-state index in [-0.39, 0.29) is 10.6 Å². The van der Waals surface area contributed by atoms with E-state index in [9.17, 15) is 27.9 Å². The lowest BCUT2D eigenvalue weighted by Crippen LogP contribution is -2.33. The molecule has 0 aliphatic heterocycles. The molecule has 0 saturated heterocycles. The van der Waals surface area contributed by atoms with Crippen molar-refractivity contribution in [3.8, 4) is 16.9 Å². The lowest BCUT2D eigenvalue weighted by Gasteiger charge is -2.14. The number of carboxylic acid groups (broad SMARTS) is 1. The van der Waals surface area contributed by atoms with E-state index >= 15 is 0 Å². The van der Waals surface area contributed by atoms with Gasteiger partial charge >= 0.3 is 12.3 Å². The second-order valence-corrected chi connectivity index (χ2v) is 6.84. The van der Waals surface area contributed by atoms with Gasteiger partial charge in [0, 0.05) is 0 Å². The SMILES string of the molecule is O=C(N[C@H](C(=O)O)c1ccccc1)c1cc(-c2ccc(OC(F)(F)F)cc2)cs1. The summed E-state index contributed by atoms with van der Waals surface area (Å²) in [5, 5.41) is 13.5. The van der Waals surface area contributed by atoms with E-state index < -0.39 is 24.3 Å². The molecule has 0 fully saturated rings. The molecule has 1 atom stereocenters. The first-order valence-electron chi connectivity index (χ1n) is 8.26. The van der Waals surface area contributed by atoms with Gasteiger partial charge in [0.05, 0.1) is 4.88 Å². The highest BCUT2D eigenvalue weighted by Crippen LogP contribution is 2.29. The Morgan fingerprint density at radius 3 is 2.24 bits per heavy atom. The zero-order valence-electron chi connectivity index (χ0n) is 14.6. The summed E-state index contributed by atoms with van der Waals surface area (Å²) >= 11 is 1.10. The number of rotatable bonds is 6. The molecule has 150 valence electrons. The normalized spacial score (nSPS) is 12.2. The van der Waals surface area contributed by atoms with Gasteiger partial charge in [0.2, 0.25) is 0 Å². The van der Waals surface area contributed by atoms with Crippen LogP contribution in [0.1, 0.15) is 21.3 Å². The Kier molecular flexibility index (Phi) is 5.88. The van der Waals surface area contributed by atoms with Gasteiger partial charge in [-0.3, -0.25) is 4.79 Å². The molecule has 2 aromatic carbocycles. The quantitative estimate of drug-likeness (QED) is 0.596. The molecule has 0 radical (unpaired) electrons. The molecule has 1 aromatic heterocycles. The highest BCUT2D eigenvalue weighted by Gasteiger charge is 2.31. The minimum atomic E-state index is -4.77. The molecule has 0 spiro atoms. The van der Waals surface area contributed by atoms with Crippen molar-refractivity contribution in [3.05, 3.63) is 76.5 Å². The van der Waals surface area contributed by atoms with Gasteiger partial charge in [-0.1, -0.05) is 42.5 Å². The standard InChI is InChI=1S/C20H14F3NO4S/c21-20(22,23)28-15-8-6-12(7-9-15)14-10-16(29-11-14)18(25)24-17(19(26)27)13-4-2-1-3-5-13/h1-11,17H,(H,24,25)(H,26,27)/t17-/m0/s1. The number of carboxylic acids is 1. The molecule has 1 amide bonds. The monoisotopic (exact) mass is 421 g/mol. The Hall–Kier alpha value is -3.33. The Balaban J connectivity index is 1.73. The van der Waals surface area contributed by atoms with E-state index in [1.54, 1.807) is 41.8 Å². The molecule has 29 heavy (non-hydrogen) atoms. The number of hydrogen-bond acceptors (Lipinski definition) is 4. The largest absolute Gasteiger partial charge is 0.573 e. The van der Waals surface area contributed by atoms with Gasteiger partial charge in [-0.2, -0.15) is 0 Å². The summed E-state index contributed by atoms with van der Waals surface area (Å²) < 4.78 is 40.5. The minimum absolute atomic E-state index is 0.276. The fraction of sp³-hybridized carbons (Fsp3) is 0.100. The van der Waals surface area contributed by atoms with Crippen LogP contribution in [0.15, 0.2) is 66.0 Å². The lowest BCUT2D eigenvalue weighted by molar-refractivity contribution is -0.274. The number of halogens is 3. The van der Waals surface area contributed by atoms with E-state index in [4.69, 9.17) is 0 Å². The third-order valence-electron chi connectivity index (χ3n) is 3.90. The topological polar surface area (TPSA) is 75.6 Å². The third kappa shape index (κ3) is 5.35. The maximum Gasteiger partial charge on any atom is 0.573 e. The molecule has 0 saturated carbocycles. The first kappa shape index (κ1) is 20.4. The van der Waals surface area contributed by atoms with Gasteiger partial charge in [0.15, 0.2) is 6.04 Å². The summed E-state index contributed by atoms with van der Waals surface area (Å²) in [6.07, 6.45) is -4.77. The number of amides is 1. The van der Waals surface area contributed by atoms with Crippen LogP contribution in [0.2, 0.25) is 0 Å². The predicted molar refractivity (Wildman–Crippen MR) is 101 cm³/mol. The number of alkyl halides is 3. The van der Waals surface area contributed by atoms with Gasteiger partial charge in [-0.15, -0.1) is 24.5 Å². The van der Waals surface area contributed by atoms with Gasteiger partial charge in [-0.25, -0.2) is 4.79 Å². The molecule has 0 aliphatic rings. The van der Waals surface area contributed by atoms with Crippen LogP contribution < -0.4 is 10.1 Å².